The van der Waals surface area contributed by atoms with Gasteiger partial charge in [0.05, 0.1) is 16.3 Å². The summed E-state index contributed by atoms with van der Waals surface area (Å²) in [6, 6.07) is 7.12. The Morgan fingerprint density at radius 2 is 2.12 bits per heavy atom. The van der Waals surface area contributed by atoms with Gasteiger partial charge in [-0.05, 0) is 19.1 Å². The molecule has 0 radical (unpaired) electrons. The van der Waals surface area contributed by atoms with E-state index in [4.69, 9.17) is 5.73 Å². The maximum atomic E-state index is 12.0. The van der Waals surface area contributed by atoms with E-state index in [0.717, 1.165) is 5.69 Å². The van der Waals surface area contributed by atoms with Gasteiger partial charge in [0.25, 0.3) is 0 Å². The highest BCUT2D eigenvalue weighted by atomic mass is 32.2. The average Bonchev–Trinajstić information content (AvgIpc) is 2.24. The first kappa shape index (κ1) is 11.4. The number of nitrogens with zero attached hydrogens (tertiary/aromatic N) is 1. The van der Waals surface area contributed by atoms with E-state index in [-0.39, 0.29) is 11.8 Å². The third-order valence-electron chi connectivity index (χ3n) is 2.87. The van der Waals surface area contributed by atoms with Gasteiger partial charge < -0.3 is 10.6 Å². The van der Waals surface area contributed by atoms with Crippen LogP contribution in [0.25, 0.3) is 0 Å². The van der Waals surface area contributed by atoms with Gasteiger partial charge >= 0.3 is 0 Å². The van der Waals surface area contributed by atoms with Gasteiger partial charge in [-0.1, -0.05) is 12.1 Å². The molecule has 0 aliphatic carbocycles. The summed E-state index contributed by atoms with van der Waals surface area (Å²) in [5, 5.41) is 0. The van der Waals surface area contributed by atoms with Crippen LogP contribution in [-0.4, -0.2) is 33.3 Å². The molecular formula is C11H16N2O2S. The van der Waals surface area contributed by atoms with E-state index in [1.54, 1.807) is 12.1 Å². The number of hydrogen-bond acceptors (Lipinski definition) is 4. The molecule has 1 aliphatic rings. The molecular weight excluding hydrogens is 224 g/mol. The van der Waals surface area contributed by atoms with Crippen LogP contribution in [0.15, 0.2) is 29.2 Å². The minimum absolute atomic E-state index is 0.0107. The van der Waals surface area contributed by atoms with Gasteiger partial charge in [0.1, 0.15) is 0 Å². The summed E-state index contributed by atoms with van der Waals surface area (Å²) < 4.78 is 24.0. The van der Waals surface area contributed by atoms with Gasteiger partial charge in [-0.3, -0.25) is 0 Å². The summed E-state index contributed by atoms with van der Waals surface area (Å²) in [5.74, 6) is 0.171. The van der Waals surface area contributed by atoms with Crippen molar-refractivity contribution in [3.05, 3.63) is 24.3 Å². The number of rotatable bonds is 2. The molecule has 0 aromatic heterocycles. The van der Waals surface area contributed by atoms with Gasteiger partial charge in [-0.15, -0.1) is 0 Å². The fraction of sp³-hybridized carbons (Fsp3) is 0.455. The largest absolute Gasteiger partial charge is 0.365 e. The van der Waals surface area contributed by atoms with Crippen molar-refractivity contribution in [3.8, 4) is 0 Å². The summed E-state index contributed by atoms with van der Waals surface area (Å²) in [7, 11) is -3.12. The lowest BCUT2D eigenvalue weighted by Crippen LogP contribution is -2.45. The normalized spacial score (nSPS) is 22.9. The smallest absolute Gasteiger partial charge is 0.182 e. The summed E-state index contributed by atoms with van der Waals surface area (Å²) in [6.07, 6.45) is 0. The van der Waals surface area contributed by atoms with Crippen LogP contribution >= 0.6 is 0 Å². The number of hydrogen-bond donors (Lipinski definition) is 1. The summed E-state index contributed by atoms with van der Waals surface area (Å²) in [6.45, 7) is 3.13. The van der Waals surface area contributed by atoms with Crippen molar-refractivity contribution in [3.63, 3.8) is 0 Å². The first-order valence-corrected chi connectivity index (χ1v) is 7.00. The number of sulfone groups is 1. The van der Waals surface area contributed by atoms with E-state index in [0.29, 0.717) is 18.0 Å². The summed E-state index contributed by atoms with van der Waals surface area (Å²) >= 11 is 0. The maximum Gasteiger partial charge on any atom is 0.182 e. The minimum Gasteiger partial charge on any atom is -0.365 e. The van der Waals surface area contributed by atoms with Crippen molar-refractivity contribution >= 4 is 15.5 Å². The standard InChI is InChI=1S/C11H16N2O2S/c1-9-8-16(14,15)11-5-3-2-4-10(11)13(9)7-6-12/h2-5,9H,6-8,12H2,1H3. The van der Waals surface area contributed by atoms with E-state index < -0.39 is 9.84 Å². The van der Waals surface area contributed by atoms with Crippen LogP contribution in [-0.2, 0) is 9.84 Å². The second-order valence-electron chi connectivity index (χ2n) is 4.08. The molecule has 0 fully saturated rings. The van der Waals surface area contributed by atoms with Crippen molar-refractivity contribution in [2.24, 2.45) is 5.73 Å². The van der Waals surface area contributed by atoms with Crippen LogP contribution in [0.3, 0.4) is 0 Å². The molecule has 1 aliphatic heterocycles. The Balaban J connectivity index is 2.55. The maximum absolute atomic E-state index is 12.0. The van der Waals surface area contributed by atoms with Crippen LogP contribution < -0.4 is 10.6 Å². The fourth-order valence-electron chi connectivity index (χ4n) is 2.17. The van der Waals surface area contributed by atoms with Gasteiger partial charge in [0.2, 0.25) is 0 Å². The number of para-hydroxylation sites is 1. The van der Waals surface area contributed by atoms with E-state index in [9.17, 15) is 8.42 Å². The molecule has 1 heterocycles. The lowest BCUT2D eigenvalue weighted by molar-refractivity contribution is 0.572. The summed E-state index contributed by atoms with van der Waals surface area (Å²) in [5.41, 5.74) is 6.34. The minimum atomic E-state index is -3.12. The quantitative estimate of drug-likeness (QED) is 0.823. The third-order valence-corrected chi connectivity index (χ3v) is 4.81. The lowest BCUT2D eigenvalue weighted by Gasteiger charge is -2.36. The monoisotopic (exact) mass is 240 g/mol. The highest BCUT2D eigenvalue weighted by molar-refractivity contribution is 7.91. The molecule has 88 valence electrons. The highest BCUT2D eigenvalue weighted by Crippen LogP contribution is 2.32. The first-order chi connectivity index (χ1) is 7.56. The molecule has 0 amide bonds. The van der Waals surface area contributed by atoms with Crippen LogP contribution in [0.2, 0.25) is 0 Å². The van der Waals surface area contributed by atoms with Gasteiger partial charge in [-0.2, -0.15) is 0 Å². The molecule has 16 heavy (non-hydrogen) atoms. The highest BCUT2D eigenvalue weighted by Gasteiger charge is 2.32. The Hall–Kier alpha value is -1.07. The van der Waals surface area contributed by atoms with Crippen molar-refractivity contribution in [2.75, 3.05) is 23.7 Å². The van der Waals surface area contributed by atoms with Crippen LogP contribution in [0, 0.1) is 0 Å². The van der Waals surface area contributed by atoms with Crippen molar-refractivity contribution in [1.82, 2.24) is 0 Å². The van der Waals surface area contributed by atoms with Crippen LogP contribution in [0.5, 0.6) is 0 Å². The predicted octanol–water partition coefficient (Wildman–Crippen LogP) is 0.628. The SMILES string of the molecule is CC1CS(=O)(=O)c2ccccc2N1CCN. The Kier molecular flexibility index (Phi) is 2.90. The molecule has 4 nitrogen and oxygen atoms in total. The lowest BCUT2D eigenvalue weighted by atomic mass is 10.2. The molecule has 5 heteroatoms. The topological polar surface area (TPSA) is 63.4 Å². The van der Waals surface area contributed by atoms with Crippen molar-refractivity contribution in [1.29, 1.82) is 0 Å². The second-order valence-corrected chi connectivity index (χ2v) is 6.08. The average molecular weight is 240 g/mol. The third kappa shape index (κ3) is 1.81. The molecule has 0 bridgehead atoms. The van der Waals surface area contributed by atoms with E-state index in [1.165, 1.54) is 0 Å². The Labute approximate surface area is 96.0 Å². The van der Waals surface area contributed by atoms with E-state index in [2.05, 4.69) is 4.90 Å². The molecule has 1 aromatic carbocycles. The number of nitrogens with two attached hydrogens (primary N) is 1. The second kappa shape index (κ2) is 4.07. The zero-order valence-corrected chi connectivity index (χ0v) is 10.1. The zero-order valence-electron chi connectivity index (χ0n) is 9.26. The van der Waals surface area contributed by atoms with Gasteiger partial charge in [0.15, 0.2) is 9.84 Å². The number of benzene rings is 1. The van der Waals surface area contributed by atoms with Crippen molar-refractivity contribution < 1.29 is 8.42 Å². The Morgan fingerprint density at radius 1 is 1.44 bits per heavy atom. The molecule has 0 saturated carbocycles. The predicted molar refractivity (Wildman–Crippen MR) is 64.4 cm³/mol. The molecule has 2 N–H and O–H groups in total. The van der Waals surface area contributed by atoms with E-state index >= 15 is 0 Å². The fourth-order valence-corrected chi connectivity index (χ4v) is 3.96. The van der Waals surface area contributed by atoms with E-state index in [1.807, 2.05) is 19.1 Å². The van der Waals surface area contributed by atoms with Gasteiger partial charge in [-0.25, -0.2) is 8.42 Å². The Morgan fingerprint density at radius 3 is 2.81 bits per heavy atom. The molecule has 0 spiro atoms. The first-order valence-electron chi connectivity index (χ1n) is 5.35. The van der Waals surface area contributed by atoms with Gasteiger partial charge in [0, 0.05) is 19.1 Å². The molecule has 1 aromatic rings. The van der Waals surface area contributed by atoms with Crippen molar-refractivity contribution in [2.45, 2.75) is 17.9 Å². The number of anilines is 1. The molecule has 0 saturated heterocycles. The summed E-state index contributed by atoms with van der Waals surface area (Å²) in [4.78, 5) is 2.50. The Bertz CT molecular complexity index is 485. The van der Waals surface area contributed by atoms with Crippen LogP contribution in [0.4, 0.5) is 5.69 Å². The molecule has 2 rings (SSSR count). The molecule has 1 unspecified atom stereocenters. The zero-order chi connectivity index (χ0) is 11.8. The van der Waals surface area contributed by atoms with Crippen LogP contribution in [0.1, 0.15) is 6.92 Å². The number of fused-ring (bicyclic) bond motifs is 1. The molecule has 1 atom stereocenters.